The van der Waals surface area contributed by atoms with Crippen molar-refractivity contribution in [3.63, 3.8) is 0 Å². The Balaban J connectivity index is 0.979. The van der Waals surface area contributed by atoms with Crippen molar-refractivity contribution in [1.29, 1.82) is 0 Å². The zero-order valence-electron chi connectivity index (χ0n) is 24.4. The van der Waals surface area contributed by atoms with E-state index >= 15 is 0 Å². The van der Waals surface area contributed by atoms with Crippen LogP contribution in [-0.4, -0.2) is 4.57 Å². The van der Waals surface area contributed by atoms with E-state index in [-0.39, 0.29) is 0 Å². The summed E-state index contributed by atoms with van der Waals surface area (Å²) in [5.41, 5.74) is 10.6. The highest BCUT2D eigenvalue weighted by Gasteiger charge is 2.13. The number of para-hydroxylation sites is 2. The molecular formula is C42H28N2S. The van der Waals surface area contributed by atoms with Crippen molar-refractivity contribution < 1.29 is 0 Å². The first-order valence-electron chi connectivity index (χ1n) is 15.3. The summed E-state index contributed by atoms with van der Waals surface area (Å²) in [4.78, 5) is 0. The number of nitrogens with zero attached hydrogens (tertiary/aromatic N) is 1. The third-order valence-corrected chi connectivity index (χ3v) is 9.94. The molecule has 2 aromatic heterocycles. The van der Waals surface area contributed by atoms with E-state index in [1.807, 2.05) is 11.3 Å². The van der Waals surface area contributed by atoms with Crippen LogP contribution in [0.3, 0.4) is 0 Å². The molecule has 1 N–H and O–H groups in total. The van der Waals surface area contributed by atoms with Gasteiger partial charge in [0.05, 0.1) is 11.0 Å². The Morgan fingerprint density at radius 2 is 0.911 bits per heavy atom. The number of hydrogen-bond donors (Lipinski definition) is 1. The first-order valence-corrected chi connectivity index (χ1v) is 16.1. The second-order valence-electron chi connectivity index (χ2n) is 11.5. The normalized spacial score (nSPS) is 11.6. The molecule has 0 saturated carbocycles. The molecule has 0 atom stereocenters. The Morgan fingerprint density at radius 1 is 0.378 bits per heavy atom. The van der Waals surface area contributed by atoms with E-state index in [9.17, 15) is 0 Å². The predicted octanol–water partition coefficient (Wildman–Crippen LogP) is 12.2. The number of fused-ring (bicyclic) bond motifs is 6. The standard InChI is InChI=1S/C42H28N2S/c1-2-8-34(9-3-1)44-39-12-6-4-10-35(39)37-26-30(18-24-40(37)44)28-14-20-32(21-15-28)43-33-22-16-29(17-23-33)31-19-25-42-38(27-31)36-11-5-7-13-41(36)45-42/h1-27,43H. The van der Waals surface area contributed by atoms with Crippen molar-refractivity contribution in [3.05, 3.63) is 164 Å². The Bertz CT molecular complexity index is 2480. The van der Waals surface area contributed by atoms with Crippen LogP contribution in [0.15, 0.2) is 164 Å². The molecule has 0 aliphatic heterocycles. The molecule has 0 fully saturated rings. The average molecular weight is 593 g/mol. The molecule has 7 aromatic carbocycles. The fourth-order valence-corrected chi connectivity index (χ4v) is 7.66. The van der Waals surface area contributed by atoms with Crippen LogP contribution in [-0.2, 0) is 0 Å². The minimum absolute atomic E-state index is 1.07. The maximum atomic E-state index is 3.58. The molecule has 2 nitrogen and oxygen atoms in total. The van der Waals surface area contributed by atoms with Gasteiger partial charge in [-0.3, -0.25) is 0 Å². The lowest BCUT2D eigenvalue weighted by molar-refractivity contribution is 1.18. The second-order valence-corrected chi connectivity index (χ2v) is 12.6. The molecule has 2 heterocycles. The van der Waals surface area contributed by atoms with Gasteiger partial charge in [-0.1, -0.05) is 91.0 Å². The minimum Gasteiger partial charge on any atom is -0.356 e. The Labute approximate surface area is 265 Å². The van der Waals surface area contributed by atoms with Gasteiger partial charge < -0.3 is 9.88 Å². The smallest absolute Gasteiger partial charge is 0.0541 e. The van der Waals surface area contributed by atoms with Crippen LogP contribution in [0.1, 0.15) is 0 Å². The summed E-state index contributed by atoms with van der Waals surface area (Å²) in [6.45, 7) is 0. The summed E-state index contributed by atoms with van der Waals surface area (Å²) >= 11 is 1.86. The van der Waals surface area contributed by atoms with Crippen LogP contribution in [0, 0.1) is 0 Å². The Morgan fingerprint density at radius 3 is 1.64 bits per heavy atom. The van der Waals surface area contributed by atoms with Crippen molar-refractivity contribution in [2.75, 3.05) is 5.32 Å². The van der Waals surface area contributed by atoms with E-state index in [1.54, 1.807) is 0 Å². The molecule has 0 saturated heterocycles. The highest BCUT2D eigenvalue weighted by Crippen LogP contribution is 2.37. The lowest BCUT2D eigenvalue weighted by Crippen LogP contribution is -1.93. The van der Waals surface area contributed by atoms with Gasteiger partial charge in [0.15, 0.2) is 0 Å². The van der Waals surface area contributed by atoms with Crippen LogP contribution in [0.2, 0.25) is 0 Å². The quantitative estimate of drug-likeness (QED) is 0.210. The van der Waals surface area contributed by atoms with E-state index in [0.29, 0.717) is 0 Å². The minimum atomic E-state index is 1.07. The molecule has 9 rings (SSSR count). The first-order chi connectivity index (χ1) is 22.3. The molecule has 212 valence electrons. The number of aromatic nitrogens is 1. The zero-order chi connectivity index (χ0) is 29.7. The summed E-state index contributed by atoms with van der Waals surface area (Å²) in [6, 6.07) is 59.0. The highest BCUT2D eigenvalue weighted by atomic mass is 32.1. The number of anilines is 2. The van der Waals surface area contributed by atoms with Crippen LogP contribution in [0.25, 0.3) is 69.9 Å². The van der Waals surface area contributed by atoms with Gasteiger partial charge in [0.25, 0.3) is 0 Å². The number of hydrogen-bond acceptors (Lipinski definition) is 2. The second kappa shape index (κ2) is 10.5. The van der Waals surface area contributed by atoms with E-state index in [1.165, 1.54) is 69.9 Å². The topological polar surface area (TPSA) is 17.0 Å². The molecule has 0 unspecified atom stereocenters. The Kier molecular flexibility index (Phi) is 6.03. The monoisotopic (exact) mass is 592 g/mol. The molecular weight excluding hydrogens is 565 g/mol. The zero-order valence-corrected chi connectivity index (χ0v) is 25.3. The number of thiophene rings is 1. The molecule has 0 bridgehead atoms. The summed E-state index contributed by atoms with van der Waals surface area (Å²) < 4.78 is 5.03. The van der Waals surface area contributed by atoms with E-state index < -0.39 is 0 Å². The van der Waals surface area contributed by atoms with Gasteiger partial charge >= 0.3 is 0 Å². The first kappa shape index (κ1) is 25.8. The van der Waals surface area contributed by atoms with Crippen molar-refractivity contribution in [2.45, 2.75) is 0 Å². The molecule has 0 spiro atoms. The maximum Gasteiger partial charge on any atom is 0.0541 e. The summed E-state index contributed by atoms with van der Waals surface area (Å²) in [6.07, 6.45) is 0. The number of benzene rings is 7. The van der Waals surface area contributed by atoms with E-state index in [2.05, 4.69) is 174 Å². The highest BCUT2D eigenvalue weighted by molar-refractivity contribution is 7.25. The molecule has 9 aromatic rings. The van der Waals surface area contributed by atoms with Crippen molar-refractivity contribution in [2.24, 2.45) is 0 Å². The third kappa shape index (κ3) is 4.48. The largest absolute Gasteiger partial charge is 0.356 e. The van der Waals surface area contributed by atoms with Gasteiger partial charge in [-0.15, -0.1) is 11.3 Å². The van der Waals surface area contributed by atoms with Gasteiger partial charge in [-0.05, 0) is 95.1 Å². The fourth-order valence-electron chi connectivity index (χ4n) is 6.57. The lowest BCUT2D eigenvalue weighted by Gasteiger charge is -2.10. The van der Waals surface area contributed by atoms with Crippen LogP contribution < -0.4 is 5.32 Å². The van der Waals surface area contributed by atoms with Crippen molar-refractivity contribution >= 4 is 64.7 Å². The lowest BCUT2D eigenvalue weighted by atomic mass is 10.0. The van der Waals surface area contributed by atoms with Crippen molar-refractivity contribution in [3.8, 4) is 27.9 Å². The third-order valence-electron chi connectivity index (χ3n) is 8.79. The SMILES string of the molecule is c1ccc(-n2c3ccccc3c3cc(-c4ccc(Nc5ccc(-c6ccc7sc8ccccc8c7c6)cc5)cc4)ccc32)cc1. The van der Waals surface area contributed by atoms with Gasteiger partial charge in [-0.2, -0.15) is 0 Å². The molecule has 0 radical (unpaired) electrons. The summed E-state index contributed by atoms with van der Waals surface area (Å²) in [5.74, 6) is 0. The van der Waals surface area contributed by atoms with E-state index in [4.69, 9.17) is 0 Å². The molecule has 0 aliphatic carbocycles. The van der Waals surface area contributed by atoms with Gasteiger partial charge in [0.1, 0.15) is 0 Å². The van der Waals surface area contributed by atoms with Gasteiger partial charge in [0.2, 0.25) is 0 Å². The van der Waals surface area contributed by atoms with Crippen LogP contribution >= 0.6 is 11.3 Å². The summed E-state index contributed by atoms with van der Waals surface area (Å²) in [5, 5.41) is 8.78. The van der Waals surface area contributed by atoms with Gasteiger partial charge in [-0.25, -0.2) is 0 Å². The molecule has 45 heavy (non-hydrogen) atoms. The number of rotatable bonds is 5. The summed E-state index contributed by atoms with van der Waals surface area (Å²) in [7, 11) is 0. The number of nitrogens with one attached hydrogen (secondary N) is 1. The fraction of sp³-hybridized carbons (Fsp3) is 0. The van der Waals surface area contributed by atoms with Crippen molar-refractivity contribution in [1.82, 2.24) is 4.57 Å². The Hall–Kier alpha value is -5.64. The van der Waals surface area contributed by atoms with Gasteiger partial charge in [0, 0.05) is 48.0 Å². The average Bonchev–Trinajstić information content (AvgIpc) is 3.64. The van der Waals surface area contributed by atoms with E-state index in [0.717, 1.165) is 11.4 Å². The molecule has 3 heteroatoms. The predicted molar refractivity (Wildman–Crippen MR) is 194 cm³/mol. The van der Waals surface area contributed by atoms with Crippen LogP contribution in [0.4, 0.5) is 11.4 Å². The molecule has 0 aliphatic rings. The maximum absolute atomic E-state index is 3.58. The molecule has 0 amide bonds. The van der Waals surface area contributed by atoms with Crippen LogP contribution in [0.5, 0.6) is 0 Å².